The van der Waals surface area contributed by atoms with Crippen molar-refractivity contribution in [1.82, 2.24) is 0 Å². The van der Waals surface area contributed by atoms with Gasteiger partial charge < -0.3 is 4.74 Å². The molecule has 1 aliphatic rings. The maximum absolute atomic E-state index is 13.0. The molecule has 0 amide bonds. The van der Waals surface area contributed by atoms with Crippen molar-refractivity contribution < 1.29 is 19.1 Å². The molecule has 0 aliphatic carbocycles. The number of carbonyl (C=O) groups is 3. The molecule has 0 fully saturated rings. The van der Waals surface area contributed by atoms with E-state index < -0.39 is 23.7 Å². The van der Waals surface area contributed by atoms with Gasteiger partial charge in [-0.1, -0.05) is 34.5 Å². The van der Waals surface area contributed by atoms with Gasteiger partial charge in [0.2, 0.25) is 0 Å². The molecule has 0 aromatic heterocycles. The van der Waals surface area contributed by atoms with Crippen LogP contribution < -0.4 is 4.74 Å². The summed E-state index contributed by atoms with van der Waals surface area (Å²) in [6, 6.07) is 11.8. The normalized spacial score (nSPS) is 20.1. The average Bonchev–Trinajstić information content (AvgIpc) is 2.60. The molecule has 1 heterocycles. The molecule has 0 N–H and O–H groups in total. The maximum Gasteiger partial charge on any atom is 0.322 e. The lowest BCUT2D eigenvalue weighted by Crippen LogP contribution is -2.40. The van der Waals surface area contributed by atoms with E-state index in [0.29, 0.717) is 21.9 Å². The van der Waals surface area contributed by atoms with Crippen LogP contribution in [0.1, 0.15) is 35.7 Å². The first kappa shape index (κ1) is 18.8. The molecule has 134 valence electrons. The van der Waals surface area contributed by atoms with Crippen LogP contribution in [0, 0.1) is 11.8 Å². The molecule has 2 aromatic rings. The van der Waals surface area contributed by atoms with Crippen LogP contribution >= 0.6 is 27.5 Å². The quantitative estimate of drug-likeness (QED) is 0.299. The van der Waals surface area contributed by atoms with Gasteiger partial charge in [0.15, 0.2) is 5.78 Å². The number of Topliss-reactive ketones (excluding diaryl/α,β-unsaturated/α-hetero) is 2. The average molecular weight is 436 g/mol. The molecule has 3 rings (SSSR count). The molecule has 0 spiro atoms. The molecule has 1 aliphatic heterocycles. The summed E-state index contributed by atoms with van der Waals surface area (Å²) in [6.45, 7) is 3.09. The summed E-state index contributed by atoms with van der Waals surface area (Å²) in [5, 5.41) is 0.534. The van der Waals surface area contributed by atoms with Gasteiger partial charge in [-0.25, -0.2) is 0 Å². The Morgan fingerprint density at radius 1 is 1.15 bits per heavy atom. The SMILES string of the molecule is CC(=O)[C@@H]1C(=O)Oc2ccc(Br)cc2[C@H]1[C@H](C)C(=O)c1ccc(Cl)cc1. The monoisotopic (exact) mass is 434 g/mol. The van der Waals surface area contributed by atoms with Crippen molar-refractivity contribution in [3.63, 3.8) is 0 Å². The minimum Gasteiger partial charge on any atom is -0.426 e. The van der Waals surface area contributed by atoms with Crippen molar-refractivity contribution in [3.05, 3.63) is 63.1 Å². The van der Waals surface area contributed by atoms with Crippen molar-refractivity contribution in [2.45, 2.75) is 19.8 Å². The Bertz CT molecular complexity index is 891. The minimum atomic E-state index is -1.01. The van der Waals surface area contributed by atoms with Crippen LogP contribution in [-0.4, -0.2) is 17.5 Å². The van der Waals surface area contributed by atoms with Crippen LogP contribution in [0.2, 0.25) is 5.02 Å². The second-order valence-electron chi connectivity index (χ2n) is 6.38. The third-order valence-electron chi connectivity index (χ3n) is 4.67. The molecular formula is C20H16BrClO4. The molecule has 26 heavy (non-hydrogen) atoms. The highest BCUT2D eigenvalue weighted by molar-refractivity contribution is 9.10. The van der Waals surface area contributed by atoms with Crippen LogP contribution in [0.4, 0.5) is 0 Å². The van der Waals surface area contributed by atoms with E-state index in [1.807, 2.05) is 0 Å². The van der Waals surface area contributed by atoms with Gasteiger partial charge in [-0.15, -0.1) is 0 Å². The van der Waals surface area contributed by atoms with Gasteiger partial charge in [-0.2, -0.15) is 0 Å². The van der Waals surface area contributed by atoms with E-state index in [9.17, 15) is 14.4 Å². The van der Waals surface area contributed by atoms with Crippen molar-refractivity contribution >= 4 is 45.1 Å². The van der Waals surface area contributed by atoms with Crippen molar-refractivity contribution in [2.24, 2.45) is 11.8 Å². The smallest absolute Gasteiger partial charge is 0.322 e. The maximum atomic E-state index is 13.0. The largest absolute Gasteiger partial charge is 0.426 e. The van der Waals surface area contributed by atoms with Gasteiger partial charge >= 0.3 is 5.97 Å². The Hall–Kier alpha value is -1.98. The van der Waals surface area contributed by atoms with Gasteiger partial charge in [0.25, 0.3) is 0 Å². The number of hydrogen-bond donors (Lipinski definition) is 0. The van der Waals surface area contributed by atoms with Gasteiger partial charge in [0.1, 0.15) is 17.5 Å². The number of halogens is 2. The number of ether oxygens (including phenoxy) is 1. The Balaban J connectivity index is 2.07. The number of benzene rings is 2. The van der Waals surface area contributed by atoms with E-state index in [1.165, 1.54) is 6.92 Å². The molecule has 0 saturated carbocycles. The second kappa shape index (κ2) is 7.33. The summed E-state index contributed by atoms with van der Waals surface area (Å²) in [5.41, 5.74) is 1.16. The highest BCUT2D eigenvalue weighted by atomic mass is 79.9. The van der Waals surface area contributed by atoms with Crippen LogP contribution in [-0.2, 0) is 9.59 Å². The Kier molecular flexibility index (Phi) is 5.30. The van der Waals surface area contributed by atoms with E-state index in [1.54, 1.807) is 49.4 Å². The molecule has 4 nitrogen and oxygen atoms in total. The molecule has 0 saturated heterocycles. The third kappa shape index (κ3) is 3.46. The number of rotatable bonds is 4. The first-order valence-electron chi connectivity index (χ1n) is 8.11. The zero-order valence-electron chi connectivity index (χ0n) is 14.2. The fourth-order valence-electron chi connectivity index (χ4n) is 3.39. The summed E-state index contributed by atoms with van der Waals surface area (Å²) in [6.07, 6.45) is 0. The molecule has 0 radical (unpaired) electrons. The van der Waals surface area contributed by atoms with Crippen LogP contribution in [0.25, 0.3) is 0 Å². The van der Waals surface area contributed by atoms with Gasteiger partial charge in [0, 0.05) is 32.5 Å². The second-order valence-corrected chi connectivity index (χ2v) is 7.73. The third-order valence-corrected chi connectivity index (χ3v) is 5.42. The molecule has 2 aromatic carbocycles. The number of fused-ring (bicyclic) bond motifs is 1. The molecular weight excluding hydrogens is 420 g/mol. The predicted molar refractivity (Wildman–Crippen MR) is 102 cm³/mol. The molecule has 6 heteroatoms. The highest BCUT2D eigenvalue weighted by Crippen LogP contribution is 2.44. The van der Waals surface area contributed by atoms with Gasteiger partial charge in [-0.05, 0) is 49.4 Å². The molecule has 0 unspecified atom stereocenters. The number of carbonyl (C=O) groups excluding carboxylic acids is 3. The van der Waals surface area contributed by atoms with E-state index in [2.05, 4.69) is 15.9 Å². The van der Waals surface area contributed by atoms with E-state index in [0.717, 1.165) is 4.47 Å². The minimum absolute atomic E-state index is 0.154. The summed E-state index contributed by atoms with van der Waals surface area (Å²) in [4.78, 5) is 37.6. The van der Waals surface area contributed by atoms with Crippen molar-refractivity contribution in [3.8, 4) is 5.75 Å². The van der Waals surface area contributed by atoms with E-state index in [4.69, 9.17) is 16.3 Å². The lowest BCUT2D eigenvalue weighted by molar-refractivity contribution is -0.146. The number of ketones is 2. The lowest BCUT2D eigenvalue weighted by atomic mass is 9.72. The van der Waals surface area contributed by atoms with Crippen molar-refractivity contribution in [1.29, 1.82) is 0 Å². The fraction of sp³-hybridized carbons (Fsp3) is 0.250. The summed E-state index contributed by atoms with van der Waals surface area (Å²) in [7, 11) is 0. The van der Waals surface area contributed by atoms with Gasteiger partial charge in [0.05, 0.1) is 0 Å². The Labute approximate surface area is 164 Å². The number of esters is 1. The van der Waals surface area contributed by atoms with E-state index in [-0.39, 0.29) is 11.6 Å². The summed E-state index contributed by atoms with van der Waals surface area (Å²) in [5.74, 6) is -2.90. The first-order valence-corrected chi connectivity index (χ1v) is 9.28. The fourth-order valence-corrected chi connectivity index (χ4v) is 3.89. The summed E-state index contributed by atoms with van der Waals surface area (Å²) < 4.78 is 6.12. The first-order chi connectivity index (χ1) is 12.3. The zero-order valence-corrected chi connectivity index (χ0v) is 16.5. The lowest BCUT2D eigenvalue weighted by Gasteiger charge is -2.34. The Morgan fingerprint density at radius 2 is 1.81 bits per heavy atom. The van der Waals surface area contributed by atoms with Crippen LogP contribution in [0.3, 0.4) is 0 Å². The predicted octanol–water partition coefficient (Wildman–Crippen LogP) is 4.83. The number of hydrogen-bond acceptors (Lipinski definition) is 4. The standard InChI is InChI=1S/C20H16BrClO4/c1-10(19(24)12-3-6-14(22)7-4-12)17-15-9-13(21)5-8-16(15)26-20(25)18(17)11(2)23/h3-10,17-18H,1-2H3/t10-,17+,18-/m0/s1. The van der Waals surface area contributed by atoms with Crippen molar-refractivity contribution in [2.75, 3.05) is 0 Å². The highest BCUT2D eigenvalue weighted by Gasteiger charge is 2.45. The van der Waals surface area contributed by atoms with E-state index >= 15 is 0 Å². The topological polar surface area (TPSA) is 60.4 Å². The van der Waals surface area contributed by atoms with Crippen LogP contribution in [0.5, 0.6) is 5.75 Å². The van der Waals surface area contributed by atoms with Crippen LogP contribution in [0.15, 0.2) is 46.9 Å². The molecule has 3 atom stereocenters. The zero-order chi connectivity index (χ0) is 19.0. The van der Waals surface area contributed by atoms with Gasteiger partial charge in [-0.3, -0.25) is 14.4 Å². The Morgan fingerprint density at radius 3 is 2.42 bits per heavy atom. The molecule has 0 bridgehead atoms. The summed E-state index contributed by atoms with van der Waals surface area (Å²) >= 11 is 9.29.